The molecule has 0 aromatic heterocycles. The van der Waals surface area contributed by atoms with E-state index in [1.807, 2.05) is 6.92 Å². The van der Waals surface area contributed by atoms with Crippen LogP contribution in [0.5, 0.6) is 0 Å². The number of hydrogen-bond donors (Lipinski definition) is 3. The standard InChI is InChI=1S/C13H23N3O3/c1-12(6-8-19-9-7-12)15-11(17)13(10(14)16-18)4-2-3-5-13/h18H,2-9H2,1H3,(H2,14,16)(H,15,17). The molecule has 1 amide bonds. The van der Waals surface area contributed by atoms with Crippen molar-refractivity contribution >= 4 is 11.7 Å². The lowest BCUT2D eigenvalue weighted by Gasteiger charge is -2.38. The van der Waals surface area contributed by atoms with Gasteiger partial charge in [-0.2, -0.15) is 0 Å². The van der Waals surface area contributed by atoms with E-state index in [1.165, 1.54) is 0 Å². The maximum atomic E-state index is 12.6. The number of nitrogens with one attached hydrogen (secondary N) is 1. The number of hydrogen-bond acceptors (Lipinski definition) is 4. The van der Waals surface area contributed by atoms with Gasteiger partial charge in [0.2, 0.25) is 5.91 Å². The Bertz CT molecular complexity index is 369. The predicted octanol–water partition coefficient (Wildman–Crippen LogP) is 0.978. The third-order valence-corrected chi connectivity index (χ3v) is 4.50. The Morgan fingerprint density at radius 2 is 1.84 bits per heavy atom. The molecule has 108 valence electrons. The zero-order valence-corrected chi connectivity index (χ0v) is 11.4. The average molecular weight is 269 g/mol. The van der Waals surface area contributed by atoms with E-state index in [-0.39, 0.29) is 17.3 Å². The highest BCUT2D eigenvalue weighted by molar-refractivity contribution is 6.07. The summed E-state index contributed by atoms with van der Waals surface area (Å²) in [6.07, 6.45) is 4.77. The summed E-state index contributed by atoms with van der Waals surface area (Å²) in [7, 11) is 0. The van der Waals surface area contributed by atoms with E-state index in [4.69, 9.17) is 15.7 Å². The molecule has 1 saturated heterocycles. The van der Waals surface area contributed by atoms with Gasteiger partial charge in [0.05, 0.1) is 0 Å². The summed E-state index contributed by atoms with van der Waals surface area (Å²) in [5.74, 6) is -0.0668. The van der Waals surface area contributed by atoms with E-state index < -0.39 is 5.41 Å². The zero-order chi connectivity index (χ0) is 13.9. The second-order valence-corrected chi connectivity index (χ2v) is 5.90. The third kappa shape index (κ3) is 2.68. The molecule has 0 aromatic rings. The van der Waals surface area contributed by atoms with Gasteiger partial charge in [0.15, 0.2) is 5.84 Å². The highest BCUT2D eigenvalue weighted by atomic mass is 16.5. The molecule has 0 aromatic carbocycles. The number of amidine groups is 1. The SMILES string of the molecule is CC1(NC(=O)C2(C(N)=NO)CCCC2)CCOCC1. The Morgan fingerprint density at radius 3 is 2.37 bits per heavy atom. The van der Waals surface area contributed by atoms with Gasteiger partial charge in [0, 0.05) is 18.8 Å². The van der Waals surface area contributed by atoms with E-state index >= 15 is 0 Å². The van der Waals surface area contributed by atoms with Crippen LogP contribution in [0, 0.1) is 5.41 Å². The number of ether oxygens (including phenoxy) is 1. The van der Waals surface area contributed by atoms with Crippen molar-refractivity contribution in [2.75, 3.05) is 13.2 Å². The summed E-state index contributed by atoms with van der Waals surface area (Å²) in [5.41, 5.74) is 4.70. The van der Waals surface area contributed by atoms with Gasteiger partial charge in [0.1, 0.15) is 5.41 Å². The first-order valence-electron chi connectivity index (χ1n) is 6.91. The number of carbonyl (C=O) groups is 1. The topological polar surface area (TPSA) is 96.9 Å². The summed E-state index contributed by atoms with van der Waals surface area (Å²) >= 11 is 0. The van der Waals surface area contributed by atoms with Crippen molar-refractivity contribution < 1.29 is 14.7 Å². The largest absolute Gasteiger partial charge is 0.409 e. The molecule has 0 atom stereocenters. The summed E-state index contributed by atoms with van der Waals surface area (Å²) in [6, 6.07) is 0. The third-order valence-electron chi connectivity index (χ3n) is 4.50. The molecule has 0 unspecified atom stereocenters. The average Bonchev–Trinajstić information content (AvgIpc) is 2.88. The maximum absolute atomic E-state index is 12.6. The molecule has 1 aliphatic heterocycles. The van der Waals surface area contributed by atoms with Crippen LogP contribution in [0.25, 0.3) is 0 Å². The fourth-order valence-electron chi connectivity index (χ4n) is 3.01. The smallest absolute Gasteiger partial charge is 0.234 e. The van der Waals surface area contributed by atoms with Crippen LogP contribution in [-0.2, 0) is 9.53 Å². The molecule has 1 heterocycles. The predicted molar refractivity (Wildman–Crippen MR) is 70.9 cm³/mol. The van der Waals surface area contributed by atoms with Gasteiger partial charge in [-0.3, -0.25) is 4.79 Å². The second kappa shape index (κ2) is 5.36. The first-order valence-corrected chi connectivity index (χ1v) is 6.91. The summed E-state index contributed by atoms with van der Waals surface area (Å²) in [5, 5.41) is 15.1. The minimum atomic E-state index is -0.823. The molecule has 0 radical (unpaired) electrons. The number of nitrogens with zero attached hydrogens (tertiary/aromatic N) is 1. The van der Waals surface area contributed by atoms with Gasteiger partial charge in [-0.05, 0) is 32.6 Å². The van der Waals surface area contributed by atoms with Crippen molar-refractivity contribution in [3.63, 3.8) is 0 Å². The fraction of sp³-hybridized carbons (Fsp3) is 0.846. The number of amides is 1. The Balaban J connectivity index is 2.12. The zero-order valence-electron chi connectivity index (χ0n) is 11.4. The van der Waals surface area contributed by atoms with Gasteiger partial charge < -0.3 is 21.0 Å². The summed E-state index contributed by atoms with van der Waals surface area (Å²) in [4.78, 5) is 12.6. The normalized spacial score (nSPS) is 26.1. The quantitative estimate of drug-likeness (QED) is 0.308. The van der Waals surface area contributed by atoms with Gasteiger partial charge in [-0.15, -0.1) is 0 Å². The van der Waals surface area contributed by atoms with Crippen LogP contribution >= 0.6 is 0 Å². The van der Waals surface area contributed by atoms with Crippen molar-refractivity contribution in [3.05, 3.63) is 0 Å². The highest BCUT2D eigenvalue weighted by Crippen LogP contribution is 2.39. The Kier molecular flexibility index (Phi) is 3.99. The monoisotopic (exact) mass is 269 g/mol. The molecule has 6 nitrogen and oxygen atoms in total. The Hall–Kier alpha value is -1.30. The summed E-state index contributed by atoms with van der Waals surface area (Å²) < 4.78 is 5.33. The van der Waals surface area contributed by atoms with Crippen LogP contribution < -0.4 is 11.1 Å². The second-order valence-electron chi connectivity index (χ2n) is 5.90. The van der Waals surface area contributed by atoms with Crippen LogP contribution in [0.3, 0.4) is 0 Å². The van der Waals surface area contributed by atoms with Gasteiger partial charge >= 0.3 is 0 Å². The molecule has 6 heteroatoms. The number of nitrogens with two attached hydrogens (primary N) is 1. The van der Waals surface area contributed by atoms with Crippen LogP contribution in [-0.4, -0.2) is 35.7 Å². The van der Waals surface area contributed by atoms with Gasteiger partial charge in [-0.1, -0.05) is 18.0 Å². The first-order chi connectivity index (χ1) is 9.02. The first kappa shape index (κ1) is 14.1. The van der Waals surface area contributed by atoms with Crippen LogP contribution in [0.15, 0.2) is 5.16 Å². The van der Waals surface area contributed by atoms with E-state index in [9.17, 15) is 4.79 Å². The number of carbonyl (C=O) groups excluding carboxylic acids is 1. The fourth-order valence-corrected chi connectivity index (χ4v) is 3.01. The molecule has 19 heavy (non-hydrogen) atoms. The molecule has 1 aliphatic carbocycles. The van der Waals surface area contributed by atoms with Crippen molar-refractivity contribution in [1.29, 1.82) is 0 Å². The lowest BCUT2D eigenvalue weighted by molar-refractivity contribution is -0.130. The van der Waals surface area contributed by atoms with E-state index in [2.05, 4.69) is 10.5 Å². The molecule has 0 bridgehead atoms. The molecule has 2 rings (SSSR count). The van der Waals surface area contributed by atoms with Crippen molar-refractivity contribution in [3.8, 4) is 0 Å². The molecule has 2 aliphatic rings. The molecular formula is C13H23N3O3. The van der Waals surface area contributed by atoms with E-state index in [0.29, 0.717) is 26.1 Å². The van der Waals surface area contributed by atoms with Gasteiger partial charge in [0.25, 0.3) is 0 Å². The highest BCUT2D eigenvalue weighted by Gasteiger charge is 2.47. The van der Waals surface area contributed by atoms with Crippen LogP contribution in [0.2, 0.25) is 0 Å². The number of rotatable bonds is 3. The lowest BCUT2D eigenvalue weighted by atomic mass is 9.81. The van der Waals surface area contributed by atoms with Crippen molar-refractivity contribution in [2.45, 2.75) is 51.0 Å². The van der Waals surface area contributed by atoms with Crippen LogP contribution in [0.1, 0.15) is 45.4 Å². The molecule has 4 N–H and O–H groups in total. The van der Waals surface area contributed by atoms with Gasteiger partial charge in [-0.25, -0.2) is 0 Å². The van der Waals surface area contributed by atoms with E-state index in [1.54, 1.807) is 0 Å². The summed E-state index contributed by atoms with van der Waals surface area (Å²) in [6.45, 7) is 3.35. The Labute approximate surface area is 113 Å². The van der Waals surface area contributed by atoms with Crippen molar-refractivity contribution in [2.24, 2.45) is 16.3 Å². The molecule has 0 spiro atoms. The van der Waals surface area contributed by atoms with Crippen molar-refractivity contribution in [1.82, 2.24) is 5.32 Å². The lowest BCUT2D eigenvalue weighted by Crippen LogP contribution is -2.57. The molecular weight excluding hydrogens is 246 g/mol. The molecule has 1 saturated carbocycles. The Morgan fingerprint density at radius 1 is 1.26 bits per heavy atom. The van der Waals surface area contributed by atoms with E-state index in [0.717, 1.165) is 25.7 Å². The minimum Gasteiger partial charge on any atom is -0.409 e. The molecule has 2 fully saturated rings. The minimum absolute atomic E-state index is 0.0400. The number of oxime groups is 1. The van der Waals surface area contributed by atoms with Crippen LogP contribution in [0.4, 0.5) is 0 Å². The maximum Gasteiger partial charge on any atom is 0.234 e.